The maximum Gasteiger partial charge on any atom is 0.276 e. The van der Waals surface area contributed by atoms with Gasteiger partial charge in [-0.3, -0.25) is 4.79 Å². The van der Waals surface area contributed by atoms with Gasteiger partial charge in [-0.05, 0) is 26.0 Å². The van der Waals surface area contributed by atoms with E-state index in [0.717, 1.165) is 16.9 Å². The molecule has 0 unspecified atom stereocenters. The number of hydrogen-bond donors (Lipinski definition) is 2. The fourth-order valence-corrected chi connectivity index (χ4v) is 2.24. The van der Waals surface area contributed by atoms with E-state index in [2.05, 4.69) is 15.3 Å². The number of nitrogens with zero attached hydrogens (tertiary/aromatic N) is 1. The summed E-state index contributed by atoms with van der Waals surface area (Å²) in [6.45, 7) is 3.89. The largest absolute Gasteiger partial charge is 0.341 e. The lowest BCUT2D eigenvalue weighted by Crippen LogP contribution is -2.13. The highest BCUT2D eigenvalue weighted by atomic mass is 16.1. The van der Waals surface area contributed by atoms with E-state index in [1.165, 1.54) is 5.56 Å². The molecule has 0 aliphatic carbocycles. The zero-order valence-corrected chi connectivity index (χ0v) is 12.6. The van der Waals surface area contributed by atoms with Crippen LogP contribution in [0, 0.1) is 13.8 Å². The van der Waals surface area contributed by atoms with Crippen molar-refractivity contribution in [3.8, 4) is 11.4 Å². The molecule has 0 saturated heterocycles. The van der Waals surface area contributed by atoms with Crippen molar-refractivity contribution in [1.29, 1.82) is 0 Å². The SMILES string of the molecule is Cc1ccc(-c2nc(C(=O)Nc3ccccc3)c(C)[nH]2)cc1. The van der Waals surface area contributed by atoms with Crippen LogP contribution in [-0.4, -0.2) is 15.9 Å². The van der Waals surface area contributed by atoms with Gasteiger partial charge in [0.1, 0.15) is 11.5 Å². The van der Waals surface area contributed by atoms with Crippen molar-refractivity contribution < 1.29 is 4.79 Å². The van der Waals surface area contributed by atoms with Gasteiger partial charge >= 0.3 is 0 Å². The second-order valence-electron chi connectivity index (χ2n) is 5.25. The maximum absolute atomic E-state index is 12.3. The molecule has 1 aromatic heterocycles. The Bertz CT molecular complexity index is 789. The molecule has 0 saturated carbocycles. The Morgan fingerprint density at radius 1 is 1.00 bits per heavy atom. The van der Waals surface area contributed by atoms with Crippen molar-refractivity contribution >= 4 is 11.6 Å². The monoisotopic (exact) mass is 291 g/mol. The minimum absolute atomic E-state index is 0.210. The summed E-state index contributed by atoms with van der Waals surface area (Å²) < 4.78 is 0. The number of carbonyl (C=O) groups is 1. The quantitative estimate of drug-likeness (QED) is 0.767. The number of para-hydroxylation sites is 1. The number of hydrogen-bond acceptors (Lipinski definition) is 2. The summed E-state index contributed by atoms with van der Waals surface area (Å²) in [5, 5.41) is 2.85. The van der Waals surface area contributed by atoms with E-state index < -0.39 is 0 Å². The fourth-order valence-electron chi connectivity index (χ4n) is 2.24. The number of aromatic nitrogens is 2. The Morgan fingerprint density at radius 2 is 1.68 bits per heavy atom. The summed E-state index contributed by atoms with van der Waals surface area (Å²) in [6, 6.07) is 17.4. The van der Waals surface area contributed by atoms with Gasteiger partial charge in [-0.25, -0.2) is 4.98 Å². The van der Waals surface area contributed by atoms with E-state index in [1.807, 2.05) is 68.4 Å². The number of anilines is 1. The molecule has 22 heavy (non-hydrogen) atoms. The molecule has 0 spiro atoms. The summed E-state index contributed by atoms with van der Waals surface area (Å²) in [5.41, 5.74) is 4.08. The van der Waals surface area contributed by atoms with E-state index in [9.17, 15) is 4.79 Å². The predicted octanol–water partition coefficient (Wildman–Crippen LogP) is 3.95. The molecule has 0 radical (unpaired) electrons. The Kier molecular flexibility index (Phi) is 3.74. The molecule has 3 rings (SSSR count). The van der Waals surface area contributed by atoms with Crippen LogP contribution in [0.3, 0.4) is 0 Å². The Morgan fingerprint density at radius 3 is 2.36 bits per heavy atom. The first-order chi connectivity index (χ1) is 10.6. The highest BCUT2D eigenvalue weighted by molar-refractivity contribution is 6.04. The predicted molar refractivity (Wildman–Crippen MR) is 87.9 cm³/mol. The first kappa shape index (κ1) is 14.1. The molecule has 2 N–H and O–H groups in total. The van der Waals surface area contributed by atoms with Crippen molar-refractivity contribution in [2.75, 3.05) is 5.32 Å². The first-order valence-electron chi connectivity index (χ1n) is 7.13. The van der Waals surface area contributed by atoms with Crippen molar-refractivity contribution in [2.45, 2.75) is 13.8 Å². The molecular formula is C18H17N3O. The second kappa shape index (κ2) is 5.85. The van der Waals surface area contributed by atoms with Crippen molar-refractivity contribution in [3.05, 3.63) is 71.5 Å². The third-order valence-corrected chi connectivity index (χ3v) is 3.46. The van der Waals surface area contributed by atoms with Gasteiger partial charge in [0.25, 0.3) is 5.91 Å². The van der Waals surface area contributed by atoms with Crippen LogP contribution in [0.4, 0.5) is 5.69 Å². The highest BCUT2D eigenvalue weighted by Gasteiger charge is 2.15. The van der Waals surface area contributed by atoms with Crippen molar-refractivity contribution in [1.82, 2.24) is 9.97 Å². The van der Waals surface area contributed by atoms with Gasteiger partial charge < -0.3 is 10.3 Å². The average molecular weight is 291 g/mol. The van der Waals surface area contributed by atoms with Crippen LogP contribution < -0.4 is 5.32 Å². The topological polar surface area (TPSA) is 57.8 Å². The summed E-state index contributed by atoms with van der Waals surface area (Å²) in [6.07, 6.45) is 0. The van der Waals surface area contributed by atoms with Crippen LogP contribution in [0.5, 0.6) is 0 Å². The number of nitrogens with one attached hydrogen (secondary N) is 2. The molecule has 0 bridgehead atoms. The van der Waals surface area contributed by atoms with Gasteiger partial charge in [-0.15, -0.1) is 0 Å². The van der Waals surface area contributed by atoms with Crippen LogP contribution >= 0.6 is 0 Å². The summed E-state index contributed by atoms with van der Waals surface area (Å²) in [5.74, 6) is 0.494. The molecule has 3 aromatic rings. The molecule has 0 aliphatic heterocycles. The summed E-state index contributed by atoms with van der Waals surface area (Å²) >= 11 is 0. The smallest absolute Gasteiger partial charge is 0.276 e. The molecule has 2 aromatic carbocycles. The highest BCUT2D eigenvalue weighted by Crippen LogP contribution is 2.19. The number of amides is 1. The number of carbonyl (C=O) groups excluding carboxylic acids is 1. The zero-order valence-electron chi connectivity index (χ0n) is 12.6. The number of rotatable bonds is 3. The Balaban J connectivity index is 1.86. The van der Waals surface area contributed by atoms with Gasteiger partial charge in [0.05, 0.1) is 0 Å². The second-order valence-corrected chi connectivity index (χ2v) is 5.25. The van der Waals surface area contributed by atoms with E-state index >= 15 is 0 Å². The van der Waals surface area contributed by atoms with Gasteiger partial charge in [0, 0.05) is 16.9 Å². The van der Waals surface area contributed by atoms with Gasteiger partial charge in [-0.2, -0.15) is 0 Å². The molecule has 0 atom stereocenters. The standard InChI is InChI=1S/C18H17N3O/c1-12-8-10-14(11-9-12)17-19-13(2)16(21-17)18(22)20-15-6-4-3-5-7-15/h3-11H,1-2H3,(H,19,21)(H,20,22). The molecule has 0 fully saturated rings. The third kappa shape index (κ3) is 2.91. The lowest BCUT2D eigenvalue weighted by molar-refractivity contribution is 0.102. The number of imidazole rings is 1. The molecule has 4 nitrogen and oxygen atoms in total. The molecule has 0 aliphatic rings. The molecule has 110 valence electrons. The van der Waals surface area contributed by atoms with Crippen LogP contribution in [0.1, 0.15) is 21.7 Å². The Hall–Kier alpha value is -2.88. The number of benzene rings is 2. The number of aromatic amines is 1. The van der Waals surface area contributed by atoms with E-state index in [4.69, 9.17) is 0 Å². The average Bonchev–Trinajstić information content (AvgIpc) is 2.91. The lowest BCUT2D eigenvalue weighted by atomic mass is 10.1. The summed E-state index contributed by atoms with van der Waals surface area (Å²) in [4.78, 5) is 20.0. The van der Waals surface area contributed by atoms with Crippen LogP contribution in [-0.2, 0) is 0 Å². The van der Waals surface area contributed by atoms with Gasteiger partial charge in [-0.1, -0.05) is 48.0 Å². The minimum atomic E-state index is -0.210. The van der Waals surface area contributed by atoms with Gasteiger partial charge in [0.2, 0.25) is 0 Å². The molecule has 4 heteroatoms. The van der Waals surface area contributed by atoms with Crippen molar-refractivity contribution in [2.24, 2.45) is 0 Å². The molecule has 1 heterocycles. The minimum Gasteiger partial charge on any atom is -0.341 e. The molecule has 1 amide bonds. The zero-order chi connectivity index (χ0) is 15.5. The molecular weight excluding hydrogens is 274 g/mol. The lowest BCUT2D eigenvalue weighted by Gasteiger charge is -2.02. The maximum atomic E-state index is 12.3. The van der Waals surface area contributed by atoms with Crippen LogP contribution in [0.2, 0.25) is 0 Å². The number of aryl methyl sites for hydroxylation is 2. The van der Waals surface area contributed by atoms with E-state index in [1.54, 1.807) is 0 Å². The van der Waals surface area contributed by atoms with E-state index in [-0.39, 0.29) is 5.91 Å². The third-order valence-electron chi connectivity index (χ3n) is 3.46. The fraction of sp³-hybridized carbons (Fsp3) is 0.111. The van der Waals surface area contributed by atoms with Crippen LogP contribution in [0.25, 0.3) is 11.4 Å². The van der Waals surface area contributed by atoms with Gasteiger partial charge in [0.15, 0.2) is 0 Å². The van der Waals surface area contributed by atoms with Crippen molar-refractivity contribution in [3.63, 3.8) is 0 Å². The van der Waals surface area contributed by atoms with E-state index in [0.29, 0.717) is 11.5 Å². The first-order valence-corrected chi connectivity index (χ1v) is 7.13. The van der Waals surface area contributed by atoms with Crippen LogP contribution in [0.15, 0.2) is 54.6 Å². The summed E-state index contributed by atoms with van der Waals surface area (Å²) in [7, 11) is 0. The Labute approximate surface area is 129 Å². The number of H-pyrrole nitrogens is 1. The normalized spacial score (nSPS) is 10.5.